The maximum absolute atomic E-state index is 13.4. The average molecular weight is 411 g/mol. The number of carbonyl (C=O) groups excluding carboxylic acids is 1. The molecule has 1 amide bonds. The number of amides is 1. The Morgan fingerprint density at radius 3 is 2.87 bits per heavy atom. The van der Waals surface area contributed by atoms with Crippen LogP contribution in [0, 0.1) is 29.1 Å². The Morgan fingerprint density at radius 2 is 2.10 bits per heavy atom. The molecule has 1 unspecified atom stereocenters. The molecule has 1 atom stereocenters. The van der Waals surface area contributed by atoms with Crippen molar-refractivity contribution in [2.75, 3.05) is 0 Å². The lowest BCUT2D eigenvalue weighted by molar-refractivity contribution is -0.223. The van der Waals surface area contributed by atoms with Gasteiger partial charge in [0, 0.05) is 30.8 Å². The SMILES string of the molecule is Cc1cncc(C2CC=NN2C(=O)C23CC(Cn4ncc5cc(C#N)ccc54)(C2)C3)n1. The van der Waals surface area contributed by atoms with Crippen LogP contribution in [0.5, 0.6) is 0 Å². The molecule has 8 nitrogen and oxygen atoms in total. The number of hydrogen-bond acceptors (Lipinski definition) is 6. The van der Waals surface area contributed by atoms with E-state index >= 15 is 0 Å². The molecule has 3 fully saturated rings. The average Bonchev–Trinajstić information content (AvgIpc) is 3.36. The number of rotatable bonds is 4. The zero-order valence-electron chi connectivity index (χ0n) is 17.2. The third kappa shape index (κ3) is 2.62. The lowest BCUT2D eigenvalue weighted by Crippen LogP contribution is -2.68. The Bertz CT molecular complexity index is 1280. The van der Waals surface area contributed by atoms with E-state index in [-0.39, 0.29) is 22.8 Å². The van der Waals surface area contributed by atoms with Crippen LogP contribution in [0.25, 0.3) is 10.9 Å². The highest BCUT2D eigenvalue weighted by molar-refractivity contribution is 5.88. The van der Waals surface area contributed by atoms with Crippen molar-refractivity contribution >= 4 is 23.0 Å². The number of hydrogen-bond donors (Lipinski definition) is 0. The highest BCUT2D eigenvalue weighted by Crippen LogP contribution is 2.74. The van der Waals surface area contributed by atoms with E-state index in [9.17, 15) is 4.79 Å². The number of carbonyl (C=O) groups is 1. The molecule has 7 rings (SSSR count). The Hall–Kier alpha value is -3.60. The number of aromatic nitrogens is 4. The quantitative estimate of drug-likeness (QED) is 0.657. The first-order valence-electron chi connectivity index (χ1n) is 10.5. The lowest BCUT2D eigenvalue weighted by Gasteiger charge is -2.69. The molecule has 2 aromatic heterocycles. The number of benzene rings is 1. The van der Waals surface area contributed by atoms with Gasteiger partial charge in [-0.05, 0) is 49.8 Å². The molecule has 1 aromatic carbocycles. The van der Waals surface area contributed by atoms with Crippen LogP contribution in [0.3, 0.4) is 0 Å². The first-order valence-corrected chi connectivity index (χ1v) is 10.5. The van der Waals surface area contributed by atoms with E-state index in [1.807, 2.05) is 36.0 Å². The molecule has 0 N–H and O–H groups in total. The van der Waals surface area contributed by atoms with Gasteiger partial charge in [0.15, 0.2) is 0 Å². The summed E-state index contributed by atoms with van der Waals surface area (Å²) in [5.74, 6) is 0.111. The molecule has 3 heterocycles. The minimum atomic E-state index is -0.298. The summed E-state index contributed by atoms with van der Waals surface area (Å²) in [7, 11) is 0. The van der Waals surface area contributed by atoms with Crippen molar-refractivity contribution in [2.45, 2.75) is 45.2 Å². The fraction of sp³-hybridized carbons (Fsp3) is 0.391. The van der Waals surface area contributed by atoms with Crippen LogP contribution in [0.4, 0.5) is 0 Å². The summed E-state index contributed by atoms with van der Waals surface area (Å²) in [4.78, 5) is 22.2. The number of hydrazone groups is 1. The van der Waals surface area contributed by atoms with Crippen molar-refractivity contribution in [1.29, 1.82) is 5.26 Å². The molecule has 0 spiro atoms. The number of fused-ring (bicyclic) bond motifs is 1. The summed E-state index contributed by atoms with van der Waals surface area (Å²) in [6.45, 7) is 2.71. The van der Waals surface area contributed by atoms with Gasteiger partial charge in [-0.3, -0.25) is 19.4 Å². The standard InChI is InChI=1S/C23H21N7O/c1-15-8-25-10-18(28-15)20-4-5-26-30(20)21(31)23-11-22(12-23,13-23)14-29-19-3-2-16(7-24)6-17(19)9-27-29/h2-3,5-6,8-10,20H,4,11-14H2,1H3. The van der Waals surface area contributed by atoms with Crippen LogP contribution in [-0.4, -0.2) is 36.9 Å². The zero-order chi connectivity index (χ0) is 21.2. The normalized spacial score (nSPS) is 28.3. The summed E-state index contributed by atoms with van der Waals surface area (Å²) in [5.41, 5.74) is 3.15. The van der Waals surface area contributed by atoms with Gasteiger partial charge in [0.1, 0.15) is 6.04 Å². The predicted octanol–water partition coefficient (Wildman–Crippen LogP) is 3.14. The number of nitrogens with zero attached hydrogens (tertiary/aromatic N) is 7. The summed E-state index contributed by atoms with van der Waals surface area (Å²) in [5, 5.41) is 20.6. The molecular weight excluding hydrogens is 390 g/mol. The zero-order valence-corrected chi connectivity index (χ0v) is 17.2. The number of aryl methyl sites for hydroxylation is 1. The maximum atomic E-state index is 13.4. The van der Waals surface area contributed by atoms with E-state index in [0.29, 0.717) is 12.0 Å². The largest absolute Gasteiger partial charge is 0.272 e. The second-order valence-electron chi connectivity index (χ2n) is 9.28. The monoisotopic (exact) mass is 411 g/mol. The second kappa shape index (κ2) is 6.20. The summed E-state index contributed by atoms with van der Waals surface area (Å²) in [6.07, 6.45) is 10.4. The fourth-order valence-corrected chi connectivity index (χ4v) is 5.73. The summed E-state index contributed by atoms with van der Waals surface area (Å²) >= 11 is 0. The van der Waals surface area contributed by atoms with E-state index in [0.717, 1.165) is 48.1 Å². The van der Waals surface area contributed by atoms with E-state index in [1.165, 1.54) is 0 Å². The van der Waals surface area contributed by atoms with Crippen LogP contribution in [0.1, 0.15) is 48.7 Å². The van der Waals surface area contributed by atoms with E-state index in [4.69, 9.17) is 5.26 Å². The molecular formula is C23H21N7O. The number of nitriles is 1. The molecule has 31 heavy (non-hydrogen) atoms. The van der Waals surface area contributed by atoms with Crippen molar-refractivity contribution in [2.24, 2.45) is 15.9 Å². The summed E-state index contributed by atoms with van der Waals surface area (Å²) < 4.78 is 2.02. The van der Waals surface area contributed by atoms with Gasteiger partial charge in [-0.25, -0.2) is 5.01 Å². The first kappa shape index (κ1) is 18.2. The molecule has 0 saturated heterocycles. The van der Waals surface area contributed by atoms with Crippen molar-refractivity contribution in [1.82, 2.24) is 24.8 Å². The minimum absolute atomic E-state index is 0.111. The van der Waals surface area contributed by atoms with Gasteiger partial charge < -0.3 is 0 Å². The molecule has 3 aromatic rings. The summed E-state index contributed by atoms with van der Waals surface area (Å²) in [6, 6.07) is 7.66. The van der Waals surface area contributed by atoms with Gasteiger partial charge >= 0.3 is 0 Å². The van der Waals surface area contributed by atoms with Crippen molar-refractivity contribution in [3.8, 4) is 6.07 Å². The third-order valence-corrected chi connectivity index (χ3v) is 7.00. The minimum Gasteiger partial charge on any atom is -0.272 e. The molecule has 0 radical (unpaired) electrons. The highest BCUT2D eigenvalue weighted by Gasteiger charge is 2.72. The Kier molecular flexibility index (Phi) is 3.64. The van der Waals surface area contributed by atoms with Crippen LogP contribution in [0.2, 0.25) is 0 Å². The van der Waals surface area contributed by atoms with E-state index in [1.54, 1.807) is 23.6 Å². The van der Waals surface area contributed by atoms with Crippen LogP contribution < -0.4 is 0 Å². The van der Waals surface area contributed by atoms with E-state index < -0.39 is 0 Å². The van der Waals surface area contributed by atoms with Gasteiger partial charge in [-0.2, -0.15) is 15.5 Å². The van der Waals surface area contributed by atoms with Gasteiger partial charge in [-0.1, -0.05) is 0 Å². The Labute approximate surface area is 179 Å². The molecule has 3 aliphatic carbocycles. The van der Waals surface area contributed by atoms with Gasteiger partial charge in [0.05, 0.1) is 46.3 Å². The third-order valence-electron chi connectivity index (χ3n) is 7.00. The van der Waals surface area contributed by atoms with E-state index in [2.05, 4.69) is 26.2 Å². The van der Waals surface area contributed by atoms with Crippen molar-refractivity contribution < 1.29 is 4.79 Å². The Morgan fingerprint density at radius 1 is 1.26 bits per heavy atom. The van der Waals surface area contributed by atoms with Gasteiger partial charge in [-0.15, -0.1) is 0 Å². The fourth-order valence-electron chi connectivity index (χ4n) is 5.73. The topological polar surface area (TPSA) is 100 Å². The molecule has 4 aliphatic rings. The van der Waals surface area contributed by atoms with Crippen LogP contribution >= 0.6 is 0 Å². The van der Waals surface area contributed by atoms with Gasteiger partial charge in [0.25, 0.3) is 0 Å². The molecule has 154 valence electrons. The maximum Gasteiger partial charge on any atom is 0.249 e. The molecule has 3 saturated carbocycles. The Balaban J connectivity index is 1.17. The van der Waals surface area contributed by atoms with Crippen molar-refractivity contribution in [3.63, 3.8) is 0 Å². The van der Waals surface area contributed by atoms with Crippen LogP contribution in [-0.2, 0) is 11.3 Å². The van der Waals surface area contributed by atoms with Crippen LogP contribution in [0.15, 0.2) is 41.9 Å². The van der Waals surface area contributed by atoms with Crippen molar-refractivity contribution in [3.05, 3.63) is 53.7 Å². The smallest absolute Gasteiger partial charge is 0.249 e. The molecule has 1 aliphatic heterocycles. The second-order valence-corrected chi connectivity index (χ2v) is 9.28. The molecule has 2 bridgehead atoms. The highest BCUT2D eigenvalue weighted by atomic mass is 16.2. The van der Waals surface area contributed by atoms with Gasteiger partial charge in [0.2, 0.25) is 5.91 Å². The first-order chi connectivity index (χ1) is 15.0. The predicted molar refractivity (Wildman–Crippen MR) is 113 cm³/mol. The lowest BCUT2D eigenvalue weighted by atomic mass is 9.34. The molecule has 8 heteroatoms.